The van der Waals surface area contributed by atoms with Crippen molar-refractivity contribution >= 4 is 29.2 Å². The van der Waals surface area contributed by atoms with E-state index in [2.05, 4.69) is 10.6 Å². The Morgan fingerprint density at radius 3 is 2.56 bits per heavy atom. The first-order valence-electron chi connectivity index (χ1n) is 10.3. The minimum Gasteiger partial charge on any atom is -0.462 e. The molecule has 2 aromatic carbocycles. The van der Waals surface area contributed by atoms with Gasteiger partial charge in [0.1, 0.15) is 6.10 Å². The van der Waals surface area contributed by atoms with Gasteiger partial charge in [0.15, 0.2) is 0 Å². The van der Waals surface area contributed by atoms with E-state index in [1.54, 1.807) is 6.07 Å². The molecule has 1 heterocycles. The second kappa shape index (κ2) is 7.36. The summed E-state index contributed by atoms with van der Waals surface area (Å²) in [6.45, 7) is 0. The van der Waals surface area contributed by atoms with Gasteiger partial charge in [-0.05, 0) is 49.1 Å². The number of halogens is 3. The van der Waals surface area contributed by atoms with Crippen molar-refractivity contribution < 1.29 is 32.3 Å². The highest BCUT2D eigenvalue weighted by molar-refractivity contribution is 6.06. The molecule has 2 bridgehead atoms. The molecule has 1 saturated heterocycles. The number of carbonyl (C=O) groups excluding carboxylic acids is 3. The van der Waals surface area contributed by atoms with Crippen LogP contribution in [0.5, 0.6) is 0 Å². The quantitative estimate of drug-likeness (QED) is 0.696. The Balaban J connectivity index is 1.31. The van der Waals surface area contributed by atoms with E-state index in [0.29, 0.717) is 12.1 Å². The van der Waals surface area contributed by atoms with Crippen LogP contribution in [0.25, 0.3) is 0 Å². The largest absolute Gasteiger partial charge is 0.462 e. The molecule has 6 nitrogen and oxygen atoms in total. The minimum absolute atomic E-state index is 0.0758. The van der Waals surface area contributed by atoms with Crippen LogP contribution in [0.2, 0.25) is 0 Å². The zero-order chi connectivity index (χ0) is 22.6. The molecule has 5 atom stereocenters. The molecule has 0 spiro atoms. The molecule has 2 amide bonds. The molecule has 3 aliphatic rings. The lowest BCUT2D eigenvalue weighted by atomic mass is 9.79. The summed E-state index contributed by atoms with van der Waals surface area (Å²) in [5.41, 5.74) is -0.878. The van der Waals surface area contributed by atoms with E-state index in [4.69, 9.17) is 4.74 Å². The number of carbonyl (C=O) groups is 3. The summed E-state index contributed by atoms with van der Waals surface area (Å²) in [6, 6.07) is 10.7. The molecule has 2 N–H and O–H groups in total. The van der Waals surface area contributed by atoms with E-state index in [0.717, 1.165) is 12.5 Å². The molecule has 2 aliphatic carbocycles. The maximum atomic E-state index is 13.2. The minimum atomic E-state index is -4.61. The number of benzene rings is 2. The van der Waals surface area contributed by atoms with Gasteiger partial charge in [0, 0.05) is 17.2 Å². The highest BCUT2D eigenvalue weighted by atomic mass is 19.4. The Labute approximate surface area is 181 Å². The Kier molecular flexibility index (Phi) is 4.72. The van der Waals surface area contributed by atoms with Crippen LogP contribution >= 0.6 is 0 Å². The van der Waals surface area contributed by atoms with Crippen molar-refractivity contribution in [3.8, 4) is 0 Å². The predicted octanol–water partition coefficient (Wildman–Crippen LogP) is 4.09. The fourth-order valence-electron chi connectivity index (χ4n) is 5.36. The van der Waals surface area contributed by atoms with Crippen molar-refractivity contribution in [2.75, 3.05) is 10.6 Å². The number of esters is 1. The van der Waals surface area contributed by atoms with Gasteiger partial charge in [-0.1, -0.05) is 18.2 Å². The average molecular weight is 444 g/mol. The smallest absolute Gasteiger partial charge is 0.418 e. The SMILES string of the molecule is O=C(Nc1ccccc1C(F)(F)F)c1cccc(NC(=O)[C@@H]2[C@@H]3C[C@@H]4[C@H]2C(=O)O[C@H]4C3)c1. The van der Waals surface area contributed by atoms with Crippen molar-refractivity contribution in [3.05, 3.63) is 59.7 Å². The second-order valence-electron chi connectivity index (χ2n) is 8.49. The molecule has 2 aromatic rings. The first-order valence-corrected chi connectivity index (χ1v) is 10.3. The van der Waals surface area contributed by atoms with E-state index in [-0.39, 0.29) is 41.1 Å². The summed E-state index contributed by atoms with van der Waals surface area (Å²) >= 11 is 0. The molecule has 166 valence electrons. The number of hydrogen-bond donors (Lipinski definition) is 2. The first kappa shape index (κ1) is 20.5. The lowest BCUT2D eigenvalue weighted by molar-refractivity contribution is -0.145. The number of alkyl halides is 3. The Bertz CT molecular complexity index is 1110. The van der Waals surface area contributed by atoms with Crippen molar-refractivity contribution in [2.45, 2.75) is 25.1 Å². The molecule has 9 heteroatoms. The molecule has 0 unspecified atom stereocenters. The Hall–Kier alpha value is -3.36. The lowest BCUT2D eigenvalue weighted by Crippen LogP contribution is -2.35. The second-order valence-corrected chi connectivity index (χ2v) is 8.49. The van der Waals surface area contributed by atoms with Crippen LogP contribution in [0.1, 0.15) is 28.8 Å². The molecular formula is C23H19F3N2O4. The highest BCUT2D eigenvalue weighted by Gasteiger charge is 2.63. The van der Waals surface area contributed by atoms with Gasteiger partial charge < -0.3 is 15.4 Å². The standard InChI is InChI=1S/C23H19F3N2O4/c24-23(25,26)15-6-1-2-7-16(15)28-20(29)11-4-3-5-13(8-11)27-21(30)18-12-9-14-17(10-12)32-22(31)19(14)18/h1-8,12,14,17-19H,9-10H2,(H,27,30)(H,28,29)/t12-,14+,17+,18-,19-/m1/s1. The number of rotatable bonds is 4. The topological polar surface area (TPSA) is 84.5 Å². The van der Waals surface area contributed by atoms with Crippen LogP contribution in [-0.2, 0) is 20.5 Å². The predicted molar refractivity (Wildman–Crippen MR) is 108 cm³/mol. The summed E-state index contributed by atoms with van der Waals surface area (Å²) in [5, 5.41) is 5.05. The van der Waals surface area contributed by atoms with Crippen LogP contribution < -0.4 is 10.6 Å². The summed E-state index contributed by atoms with van der Waals surface area (Å²) < 4.78 is 44.9. The van der Waals surface area contributed by atoms with E-state index in [9.17, 15) is 27.6 Å². The van der Waals surface area contributed by atoms with E-state index < -0.39 is 29.5 Å². The molecular weight excluding hydrogens is 425 g/mol. The normalized spacial score (nSPS) is 27.8. The average Bonchev–Trinajstić information content (AvgIpc) is 3.36. The summed E-state index contributed by atoms with van der Waals surface area (Å²) in [5.74, 6) is -2.08. The zero-order valence-corrected chi connectivity index (χ0v) is 16.7. The van der Waals surface area contributed by atoms with E-state index in [1.807, 2.05) is 0 Å². The Morgan fingerprint density at radius 2 is 1.78 bits per heavy atom. The van der Waals surface area contributed by atoms with Gasteiger partial charge in [-0.2, -0.15) is 13.2 Å². The van der Waals surface area contributed by atoms with Gasteiger partial charge >= 0.3 is 12.1 Å². The fraction of sp³-hybridized carbons (Fsp3) is 0.348. The summed E-state index contributed by atoms with van der Waals surface area (Å²) in [6.07, 6.45) is -3.21. The lowest BCUT2D eigenvalue weighted by Gasteiger charge is -2.23. The van der Waals surface area contributed by atoms with Crippen LogP contribution in [0.3, 0.4) is 0 Å². The van der Waals surface area contributed by atoms with Crippen molar-refractivity contribution in [1.29, 1.82) is 0 Å². The third-order valence-corrected chi connectivity index (χ3v) is 6.66. The maximum Gasteiger partial charge on any atom is 0.418 e. The summed E-state index contributed by atoms with van der Waals surface area (Å²) in [4.78, 5) is 37.6. The number of amides is 2. The van der Waals surface area contributed by atoms with Crippen LogP contribution in [0.4, 0.5) is 24.5 Å². The number of hydrogen-bond acceptors (Lipinski definition) is 4. The maximum absolute atomic E-state index is 13.2. The monoisotopic (exact) mass is 444 g/mol. The van der Waals surface area contributed by atoms with Gasteiger partial charge in [0.2, 0.25) is 5.91 Å². The third-order valence-electron chi connectivity index (χ3n) is 6.66. The molecule has 32 heavy (non-hydrogen) atoms. The van der Waals surface area contributed by atoms with E-state index in [1.165, 1.54) is 36.4 Å². The number of anilines is 2. The number of ether oxygens (including phenoxy) is 1. The van der Waals surface area contributed by atoms with Gasteiger partial charge in [-0.15, -0.1) is 0 Å². The summed E-state index contributed by atoms with van der Waals surface area (Å²) in [7, 11) is 0. The number of para-hydroxylation sites is 1. The molecule has 2 saturated carbocycles. The van der Waals surface area contributed by atoms with Crippen molar-refractivity contribution in [1.82, 2.24) is 0 Å². The van der Waals surface area contributed by atoms with Crippen LogP contribution in [0.15, 0.2) is 48.5 Å². The Morgan fingerprint density at radius 1 is 1.00 bits per heavy atom. The molecule has 1 aliphatic heterocycles. The van der Waals surface area contributed by atoms with Gasteiger partial charge in [-0.25, -0.2) is 0 Å². The van der Waals surface area contributed by atoms with Crippen molar-refractivity contribution in [3.63, 3.8) is 0 Å². The van der Waals surface area contributed by atoms with Crippen LogP contribution in [0, 0.1) is 23.7 Å². The van der Waals surface area contributed by atoms with Gasteiger partial charge in [-0.3, -0.25) is 14.4 Å². The zero-order valence-electron chi connectivity index (χ0n) is 16.7. The number of fused-ring (bicyclic) bond motifs is 1. The molecule has 0 radical (unpaired) electrons. The van der Waals surface area contributed by atoms with E-state index >= 15 is 0 Å². The third kappa shape index (κ3) is 3.41. The molecule has 5 rings (SSSR count). The fourth-order valence-corrected chi connectivity index (χ4v) is 5.36. The first-order chi connectivity index (χ1) is 15.2. The van der Waals surface area contributed by atoms with Gasteiger partial charge in [0.05, 0.1) is 23.1 Å². The number of nitrogens with one attached hydrogen (secondary N) is 2. The van der Waals surface area contributed by atoms with Crippen molar-refractivity contribution in [2.24, 2.45) is 23.7 Å². The highest BCUT2D eigenvalue weighted by Crippen LogP contribution is 2.57. The van der Waals surface area contributed by atoms with Gasteiger partial charge in [0.25, 0.3) is 5.91 Å². The molecule has 0 aromatic heterocycles. The molecule has 3 fully saturated rings. The van der Waals surface area contributed by atoms with Crippen LogP contribution in [-0.4, -0.2) is 23.9 Å².